The molecule has 1 aliphatic rings. The van der Waals surface area contributed by atoms with Gasteiger partial charge in [0.2, 0.25) is 11.8 Å². The summed E-state index contributed by atoms with van der Waals surface area (Å²) in [6, 6.07) is 9.04. The molecule has 1 aliphatic heterocycles. The Morgan fingerprint density at radius 1 is 1.14 bits per heavy atom. The van der Waals surface area contributed by atoms with Crippen molar-refractivity contribution in [1.29, 1.82) is 0 Å². The van der Waals surface area contributed by atoms with E-state index >= 15 is 0 Å². The third-order valence-corrected chi connectivity index (χ3v) is 5.05. The molecule has 1 heterocycles. The lowest BCUT2D eigenvalue weighted by Gasteiger charge is -2.37. The van der Waals surface area contributed by atoms with Gasteiger partial charge in [-0.15, -0.1) is 0 Å². The van der Waals surface area contributed by atoms with E-state index in [1.165, 1.54) is 0 Å². The molecule has 0 spiro atoms. The van der Waals surface area contributed by atoms with Gasteiger partial charge < -0.3 is 26.0 Å². The Morgan fingerprint density at radius 2 is 1.83 bits per heavy atom. The molecule has 8 nitrogen and oxygen atoms in total. The van der Waals surface area contributed by atoms with Crippen LogP contribution in [0.25, 0.3) is 0 Å². The summed E-state index contributed by atoms with van der Waals surface area (Å²) in [4.78, 5) is 37.7. The molecule has 8 heteroatoms. The van der Waals surface area contributed by atoms with E-state index in [0.29, 0.717) is 38.4 Å². The van der Waals surface area contributed by atoms with E-state index in [1.54, 1.807) is 4.90 Å². The fourth-order valence-electron chi connectivity index (χ4n) is 3.35. The van der Waals surface area contributed by atoms with E-state index in [9.17, 15) is 14.4 Å². The van der Waals surface area contributed by atoms with Crippen LogP contribution < -0.4 is 16.4 Å². The minimum absolute atomic E-state index is 0.0792. The summed E-state index contributed by atoms with van der Waals surface area (Å²) < 4.78 is 5.14. The number of benzene rings is 1. The van der Waals surface area contributed by atoms with Gasteiger partial charge in [-0.25, -0.2) is 4.79 Å². The maximum atomic E-state index is 12.5. The minimum Gasteiger partial charge on any atom is -0.445 e. The standard InChI is InChI=1S/C21H32N4O4/c1-16-9-12-25(19(26)14-22)18(13-16)20(27)23-10-5-6-11-24-21(28)29-15-17-7-3-2-4-8-17/h2-4,7-8,16,18H,5-6,9-15,22H2,1H3,(H,23,27)(H,24,28)/t16?,18-/m0/s1. The van der Waals surface area contributed by atoms with Crippen LogP contribution in [0.4, 0.5) is 4.79 Å². The number of rotatable bonds is 9. The van der Waals surface area contributed by atoms with E-state index in [-0.39, 0.29) is 25.0 Å². The molecule has 0 saturated carbocycles. The molecule has 160 valence electrons. The molecular weight excluding hydrogens is 372 g/mol. The molecule has 1 unspecified atom stereocenters. The average Bonchev–Trinajstić information content (AvgIpc) is 2.74. The molecule has 3 amide bonds. The number of piperidine rings is 1. The molecule has 29 heavy (non-hydrogen) atoms. The number of carbonyl (C=O) groups excluding carboxylic acids is 3. The second-order valence-corrected chi connectivity index (χ2v) is 7.42. The largest absolute Gasteiger partial charge is 0.445 e. The van der Waals surface area contributed by atoms with E-state index in [4.69, 9.17) is 10.5 Å². The van der Waals surface area contributed by atoms with Crippen molar-refractivity contribution in [2.45, 2.75) is 45.3 Å². The van der Waals surface area contributed by atoms with Gasteiger partial charge in [0.25, 0.3) is 0 Å². The predicted molar refractivity (Wildman–Crippen MR) is 110 cm³/mol. The Balaban J connectivity index is 1.59. The van der Waals surface area contributed by atoms with Crippen molar-refractivity contribution in [2.75, 3.05) is 26.2 Å². The summed E-state index contributed by atoms with van der Waals surface area (Å²) >= 11 is 0. The highest BCUT2D eigenvalue weighted by molar-refractivity contribution is 5.88. The summed E-state index contributed by atoms with van der Waals surface area (Å²) in [7, 11) is 0. The topological polar surface area (TPSA) is 114 Å². The third kappa shape index (κ3) is 7.73. The lowest BCUT2D eigenvalue weighted by atomic mass is 9.91. The summed E-state index contributed by atoms with van der Waals surface area (Å²) in [6.45, 7) is 3.79. The number of ether oxygens (including phenoxy) is 1. The van der Waals surface area contributed by atoms with Gasteiger partial charge >= 0.3 is 6.09 Å². The van der Waals surface area contributed by atoms with Crippen LogP contribution in [0.5, 0.6) is 0 Å². The zero-order valence-corrected chi connectivity index (χ0v) is 17.1. The first kappa shape index (κ1) is 22.7. The molecule has 1 aromatic rings. The van der Waals surface area contributed by atoms with Gasteiger partial charge in [-0.3, -0.25) is 9.59 Å². The van der Waals surface area contributed by atoms with Crippen molar-refractivity contribution in [3.05, 3.63) is 35.9 Å². The Kier molecular flexibility index (Phi) is 9.43. The van der Waals surface area contributed by atoms with Gasteiger partial charge in [0.15, 0.2) is 0 Å². The molecule has 0 aromatic heterocycles. The second-order valence-electron chi connectivity index (χ2n) is 7.42. The number of nitrogens with two attached hydrogens (primary N) is 1. The lowest BCUT2D eigenvalue weighted by molar-refractivity contribution is -0.142. The van der Waals surface area contributed by atoms with E-state index in [2.05, 4.69) is 17.6 Å². The summed E-state index contributed by atoms with van der Waals surface area (Å²) in [6.07, 6.45) is 2.53. The normalized spacial score (nSPS) is 18.8. The molecule has 1 saturated heterocycles. The first-order valence-electron chi connectivity index (χ1n) is 10.2. The maximum Gasteiger partial charge on any atom is 0.407 e. The van der Waals surface area contributed by atoms with E-state index < -0.39 is 12.1 Å². The van der Waals surface area contributed by atoms with Gasteiger partial charge in [0.05, 0.1) is 6.54 Å². The van der Waals surface area contributed by atoms with Crippen LogP contribution in [0.1, 0.15) is 38.2 Å². The summed E-state index contributed by atoms with van der Waals surface area (Å²) in [5.41, 5.74) is 6.40. The zero-order chi connectivity index (χ0) is 21.1. The average molecular weight is 405 g/mol. The molecule has 0 radical (unpaired) electrons. The third-order valence-electron chi connectivity index (χ3n) is 5.05. The Bertz CT molecular complexity index is 668. The van der Waals surface area contributed by atoms with Crippen molar-refractivity contribution in [3.8, 4) is 0 Å². The van der Waals surface area contributed by atoms with Crippen molar-refractivity contribution in [1.82, 2.24) is 15.5 Å². The first-order valence-corrected chi connectivity index (χ1v) is 10.2. The van der Waals surface area contributed by atoms with Gasteiger partial charge in [-0.05, 0) is 37.2 Å². The number of alkyl carbamates (subject to hydrolysis) is 1. The van der Waals surface area contributed by atoms with E-state index in [0.717, 1.165) is 18.4 Å². The van der Waals surface area contributed by atoms with Gasteiger partial charge in [-0.2, -0.15) is 0 Å². The molecular formula is C21H32N4O4. The quantitative estimate of drug-likeness (QED) is 0.538. The highest BCUT2D eigenvalue weighted by atomic mass is 16.5. The maximum absolute atomic E-state index is 12.5. The Hall–Kier alpha value is -2.61. The van der Waals surface area contributed by atoms with Crippen molar-refractivity contribution >= 4 is 17.9 Å². The van der Waals surface area contributed by atoms with Crippen LogP contribution in [0.2, 0.25) is 0 Å². The molecule has 4 N–H and O–H groups in total. The van der Waals surface area contributed by atoms with Gasteiger partial charge in [0, 0.05) is 19.6 Å². The van der Waals surface area contributed by atoms with Crippen LogP contribution in [-0.2, 0) is 20.9 Å². The fraction of sp³-hybridized carbons (Fsp3) is 0.571. The number of likely N-dealkylation sites (tertiary alicyclic amines) is 1. The van der Waals surface area contributed by atoms with Crippen LogP contribution in [0.3, 0.4) is 0 Å². The zero-order valence-electron chi connectivity index (χ0n) is 17.1. The number of hydrogen-bond donors (Lipinski definition) is 3. The molecule has 2 rings (SSSR count). The second kappa shape index (κ2) is 12.1. The molecule has 1 aromatic carbocycles. The van der Waals surface area contributed by atoms with Crippen LogP contribution in [0.15, 0.2) is 30.3 Å². The van der Waals surface area contributed by atoms with Crippen LogP contribution >= 0.6 is 0 Å². The number of carbonyl (C=O) groups is 3. The Labute approximate surface area is 172 Å². The lowest BCUT2D eigenvalue weighted by Crippen LogP contribution is -2.54. The highest BCUT2D eigenvalue weighted by Crippen LogP contribution is 2.22. The number of amides is 3. The van der Waals surface area contributed by atoms with Crippen molar-refractivity contribution in [3.63, 3.8) is 0 Å². The number of hydrogen-bond acceptors (Lipinski definition) is 5. The molecule has 2 atom stereocenters. The van der Waals surface area contributed by atoms with Gasteiger partial charge in [-0.1, -0.05) is 37.3 Å². The monoisotopic (exact) mass is 404 g/mol. The summed E-state index contributed by atoms with van der Waals surface area (Å²) in [5, 5.41) is 5.60. The highest BCUT2D eigenvalue weighted by Gasteiger charge is 2.33. The van der Waals surface area contributed by atoms with E-state index in [1.807, 2.05) is 30.3 Å². The summed E-state index contributed by atoms with van der Waals surface area (Å²) in [5.74, 6) is 0.0857. The van der Waals surface area contributed by atoms with Gasteiger partial charge in [0.1, 0.15) is 12.6 Å². The number of nitrogens with zero attached hydrogens (tertiary/aromatic N) is 1. The SMILES string of the molecule is CC1CCN(C(=O)CN)[C@H](C(=O)NCCCCNC(=O)OCc2ccccc2)C1. The Morgan fingerprint density at radius 3 is 2.52 bits per heavy atom. The molecule has 1 fully saturated rings. The van der Waals surface area contributed by atoms with Crippen LogP contribution in [0, 0.1) is 5.92 Å². The van der Waals surface area contributed by atoms with Crippen molar-refractivity contribution < 1.29 is 19.1 Å². The minimum atomic E-state index is -0.454. The fourth-order valence-corrected chi connectivity index (χ4v) is 3.35. The molecule has 0 bridgehead atoms. The van der Waals surface area contributed by atoms with Crippen LogP contribution in [-0.4, -0.2) is 55.0 Å². The number of nitrogens with one attached hydrogen (secondary N) is 2. The number of unbranched alkanes of at least 4 members (excludes halogenated alkanes) is 1. The predicted octanol–water partition coefficient (Wildman–Crippen LogP) is 1.40. The molecule has 0 aliphatic carbocycles. The first-order chi connectivity index (χ1) is 14.0. The van der Waals surface area contributed by atoms with Crippen molar-refractivity contribution in [2.24, 2.45) is 11.7 Å². The smallest absolute Gasteiger partial charge is 0.407 e.